The van der Waals surface area contributed by atoms with Gasteiger partial charge in [-0.15, -0.1) is 0 Å². The zero-order chi connectivity index (χ0) is 33.7. The first-order valence-corrected chi connectivity index (χ1v) is 15.7. The van der Waals surface area contributed by atoms with Gasteiger partial charge in [0.2, 0.25) is 5.43 Å². The van der Waals surface area contributed by atoms with Crippen LogP contribution >= 0.6 is 0 Å². The van der Waals surface area contributed by atoms with Crippen LogP contribution in [0.1, 0.15) is 54.3 Å². The van der Waals surface area contributed by atoms with E-state index in [2.05, 4.69) is 27.0 Å². The Morgan fingerprint density at radius 3 is 2.51 bits per heavy atom. The van der Waals surface area contributed by atoms with E-state index in [0.29, 0.717) is 34.2 Å². The summed E-state index contributed by atoms with van der Waals surface area (Å²) in [6.07, 6.45) is 8.33. The Morgan fingerprint density at radius 1 is 1.15 bits per heavy atom. The van der Waals surface area contributed by atoms with Gasteiger partial charge in [0.25, 0.3) is 5.91 Å². The van der Waals surface area contributed by atoms with E-state index in [0.717, 1.165) is 48.0 Å². The lowest BCUT2D eigenvalue weighted by molar-refractivity contribution is 0.102. The highest BCUT2D eigenvalue weighted by molar-refractivity contribution is 6.36. The second-order valence-corrected chi connectivity index (χ2v) is 12.1. The summed E-state index contributed by atoms with van der Waals surface area (Å²) in [6.45, 7) is 5.73. The molecule has 0 bridgehead atoms. The monoisotopic (exact) mass is 624 g/mol. The summed E-state index contributed by atoms with van der Waals surface area (Å²) < 4.78 is 1.67. The zero-order valence-corrected chi connectivity index (χ0v) is 27.1. The first kappa shape index (κ1) is 33.0. The van der Waals surface area contributed by atoms with E-state index in [1.807, 2.05) is 66.1 Å². The minimum absolute atomic E-state index is 0.0554. The van der Waals surface area contributed by atoms with Crippen LogP contribution in [0.2, 0.25) is 0 Å². The summed E-state index contributed by atoms with van der Waals surface area (Å²) in [5.74, 6) is -0.223. The number of anilines is 2. The number of nitrogen functional groups attached to an aromatic ring is 1. The van der Waals surface area contributed by atoms with Gasteiger partial charge in [0.05, 0.1) is 5.56 Å². The molecule has 12 heteroatoms. The molecule has 1 amide bonds. The van der Waals surface area contributed by atoms with E-state index in [1.54, 1.807) is 29.0 Å². The summed E-state index contributed by atoms with van der Waals surface area (Å²) in [7, 11) is 3.85. The largest absolute Gasteiger partial charge is 0.388 e. The molecule has 47 heavy (non-hydrogen) atoms. The molecule has 0 saturated carbocycles. The number of carbonyl (C=O) groups excluding carboxylic acids is 1. The third-order valence-electron chi connectivity index (χ3n) is 8.48. The number of aromatic nitrogens is 2. The number of carbonyl (C=O) groups is 1. The van der Waals surface area contributed by atoms with E-state index in [1.165, 1.54) is 12.4 Å². The van der Waals surface area contributed by atoms with Gasteiger partial charge in [0.1, 0.15) is 38.8 Å². The van der Waals surface area contributed by atoms with E-state index in [4.69, 9.17) is 11.1 Å². The molecule has 1 fully saturated rings. The maximum absolute atomic E-state index is 13.8. The van der Waals surface area contributed by atoms with Gasteiger partial charge >= 0.3 is 0 Å². The summed E-state index contributed by atoms with van der Waals surface area (Å²) in [4.78, 5) is 31.8. The average molecular weight is 624 g/mol. The van der Waals surface area contributed by atoms with Crippen molar-refractivity contribution in [2.45, 2.75) is 38.8 Å². The number of piperidine rings is 1. The molecule has 0 radical (unpaired) electrons. The number of nitrogens with two attached hydrogens (primary N) is 1. The van der Waals surface area contributed by atoms with Crippen molar-refractivity contribution in [3.63, 3.8) is 0 Å². The van der Waals surface area contributed by atoms with Gasteiger partial charge in [0, 0.05) is 59.3 Å². The number of nitrogens with zero attached hydrogens (tertiary/aromatic N) is 3. The normalized spacial score (nSPS) is 13.6. The van der Waals surface area contributed by atoms with Gasteiger partial charge in [-0.25, -0.2) is 4.98 Å². The van der Waals surface area contributed by atoms with Crippen molar-refractivity contribution in [3.8, 4) is 28.3 Å². The lowest BCUT2D eigenvalue weighted by atomic mass is 9.86. The summed E-state index contributed by atoms with van der Waals surface area (Å²) in [5.41, 5.74) is 12.1. The van der Waals surface area contributed by atoms with Gasteiger partial charge in [0.15, 0.2) is 0 Å². The summed E-state index contributed by atoms with van der Waals surface area (Å²) >= 11 is 0. The van der Waals surface area contributed by atoms with Crippen molar-refractivity contribution >= 4 is 55.8 Å². The quantitative estimate of drug-likeness (QED) is 0.140. The molecule has 6 N–H and O–H groups in total. The fourth-order valence-electron chi connectivity index (χ4n) is 5.80. The molecule has 3 heterocycles. The predicted octanol–water partition coefficient (Wildman–Crippen LogP) is 1.71. The molecule has 5 rings (SSSR count). The smallest absolute Gasteiger partial charge is 0.261 e. The molecule has 2 aromatic heterocycles. The van der Waals surface area contributed by atoms with E-state index >= 15 is 0 Å². The average Bonchev–Trinajstić information content (AvgIpc) is 3.06. The highest BCUT2D eigenvalue weighted by Crippen LogP contribution is 2.28. The first-order valence-electron chi connectivity index (χ1n) is 15.7. The number of nitriles is 1. The number of pyridine rings is 2. The second kappa shape index (κ2) is 14.4. The number of rotatable bonds is 9. The highest BCUT2D eigenvalue weighted by atomic mass is 16.2. The third kappa shape index (κ3) is 7.21. The number of nitrogens with one attached hydrogen (secondary N) is 4. The fourth-order valence-corrected chi connectivity index (χ4v) is 5.80. The van der Waals surface area contributed by atoms with Crippen molar-refractivity contribution in [2.24, 2.45) is 0 Å². The predicted molar refractivity (Wildman–Crippen MR) is 195 cm³/mol. The maximum atomic E-state index is 13.8. The number of benzene rings is 2. The number of amides is 1. The molecule has 236 valence electrons. The molecule has 10 nitrogen and oxygen atoms in total. The van der Waals surface area contributed by atoms with Gasteiger partial charge in [-0.3, -0.25) is 9.59 Å². The van der Waals surface area contributed by atoms with E-state index in [-0.39, 0.29) is 22.9 Å². The molecule has 4 aromatic rings. The minimum atomic E-state index is -0.570. The lowest BCUT2D eigenvalue weighted by Gasteiger charge is -2.23. The van der Waals surface area contributed by atoms with E-state index < -0.39 is 11.3 Å². The Morgan fingerprint density at radius 2 is 1.87 bits per heavy atom. The van der Waals surface area contributed by atoms with Crippen LogP contribution in [0.15, 0.2) is 71.9 Å². The van der Waals surface area contributed by atoms with Crippen LogP contribution in [0, 0.1) is 16.7 Å². The van der Waals surface area contributed by atoms with Gasteiger partial charge in [-0.05, 0) is 69.1 Å². The molecule has 1 aliphatic rings. The van der Waals surface area contributed by atoms with E-state index in [9.17, 15) is 14.9 Å². The van der Waals surface area contributed by atoms with Crippen molar-refractivity contribution < 1.29 is 4.79 Å². The Kier molecular flexibility index (Phi) is 10.1. The van der Waals surface area contributed by atoms with Crippen molar-refractivity contribution in [1.82, 2.24) is 20.2 Å². The molecule has 0 aliphatic carbocycles. The van der Waals surface area contributed by atoms with Crippen LogP contribution in [0.25, 0.3) is 27.8 Å². The topological polar surface area (TPSA) is 162 Å². The van der Waals surface area contributed by atoms with Crippen LogP contribution < -0.4 is 38.0 Å². The van der Waals surface area contributed by atoms with Crippen LogP contribution in [-0.2, 0) is 0 Å². The van der Waals surface area contributed by atoms with Crippen LogP contribution in [0.5, 0.6) is 0 Å². The Balaban J connectivity index is 1.44. The van der Waals surface area contributed by atoms with Gasteiger partial charge in [-0.1, -0.05) is 41.3 Å². The van der Waals surface area contributed by atoms with Crippen molar-refractivity contribution in [1.29, 1.82) is 10.7 Å². The fraction of sp³-hybridized carbons (Fsp3) is 0.229. The van der Waals surface area contributed by atoms with Crippen LogP contribution in [0.4, 0.5) is 11.5 Å². The standard InChI is InChI=1S/C35H38B2N8O2/c1-20(2)45-19-29(33(46)32(31(45)16-39)21-3-5-24(36)6-4-21)35(47)44-26-7-8-27(30(37)14-26)28-13-22(17-43-34(28)40)23(15-38)18-42-25-9-11-41-12-10-25/h3-8,13-15,17-20,25,38,41-42H,9-12,36-37H2,1-2H3,(H2,40,43)(H,44,47)/b23-18+,38-15?. The van der Waals surface area contributed by atoms with Crippen molar-refractivity contribution in [2.75, 3.05) is 24.1 Å². The molecular weight excluding hydrogens is 586 g/mol. The molecule has 0 spiro atoms. The number of allylic oxidation sites excluding steroid dienone is 1. The molecule has 0 atom stereocenters. The molecule has 1 saturated heterocycles. The summed E-state index contributed by atoms with van der Waals surface area (Å²) in [6, 6.07) is 17.0. The van der Waals surface area contributed by atoms with Gasteiger partial charge in [-0.2, -0.15) is 5.26 Å². The first-order chi connectivity index (χ1) is 22.6. The molecule has 1 aliphatic heterocycles. The maximum Gasteiger partial charge on any atom is 0.261 e. The summed E-state index contributed by atoms with van der Waals surface area (Å²) in [5, 5.41) is 27.7. The SMILES string of the molecule is Bc1ccc(-c2c(C#N)n(C(C)C)cc(C(=O)Nc3ccc(-c4cc(/C(C=N)=C/NC5CCNCC5)cnc4N)c(B)c3)c2=O)cc1. The molecular formula is C35H38B2N8O2. The molecule has 2 aromatic carbocycles. The van der Waals surface area contributed by atoms with Crippen LogP contribution in [0.3, 0.4) is 0 Å². The Bertz CT molecular complexity index is 1960. The second-order valence-electron chi connectivity index (χ2n) is 12.1. The number of hydrogen-bond donors (Lipinski definition) is 5. The van der Waals surface area contributed by atoms with Crippen LogP contribution in [-0.4, -0.2) is 56.5 Å². The minimum Gasteiger partial charge on any atom is -0.388 e. The van der Waals surface area contributed by atoms with Gasteiger partial charge < -0.3 is 31.7 Å². The number of hydrogen-bond acceptors (Lipinski definition) is 8. The highest BCUT2D eigenvalue weighted by Gasteiger charge is 2.23. The lowest BCUT2D eigenvalue weighted by Crippen LogP contribution is -2.37. The Labute approximate surface area is 276 Å². The van der Waals surface area contributed by atoms with Crippen molar-refractivity contribution in [3.05, 3.63) is 94.2 Å². The zero-order valence-electron chi connectivity index (χ0n) is 27.1. The molecule has 0 unspecified atom stereocenters. The third-order valence-corrected chi connectivity index (χ3v) is 8.48. The Hall–Kier alpha value is -5.40.